The number of likely N-dealkylation sites (tertiary alicyclic amines) is 1. The fourth-order valence-electron chi connectivity index (χ4n) is 5.42. The minimum absolute atomic E-state index is 0.147. The molecule has 158 valence electrons. The van der Waals surface area contributed by atoms with Crippen LogP contribution in [0.5, 0.6) is 0 Å². The first-order valence-corrected chi connectivity index (χ1v) is 10.4. The number of hydrogen-bond acceptors (Lipinski definition) is 6. The second-order valence-electron chi connectivity index (χ2n) is 8.27. The Kier molecular flexibility index (Phi) is 4.39. The Balaban J connectivity index is 1.60. The van der Waals surface area contributed by atoms with Crippen LogP contribution in [-0.2, 0) is 29.5 Å². The summed E-state index contributed by atoms with van der Waals surface area (Å²) in [6.07, 6.45) is 1.25. The van der Waals surface area contributed by atoms with Crippen LogP contribution in [0.3, 0.4) is 0 Å². The molecule has 3 fully saturated rings. The van der Waals surface area contributed by atoms with Gasteiger partial charge in [-0.15, -0.1) is 0 Å². The number of carbonyl (C=O) groups excluding carboxylic acids is 4. The van der Waals surface area contributed by atoms with E-state index in [4.69, 9.17) is 22.1 Å². The number of benzene rings is 1. The number of primary amides is 1. The van der Waals surface area contributed by atoms with Crippen molar-refractivity contribution in [2.75, 3.05) is 18.5 Å². The molecule has 0 radical (unpaired) electrons. The lowest BCUT2D eigenvalue weighted by molar-refractivity contribution is -0.144. The largest absolute Gasteiger partial charge is 0.376 e. The number of para-hydroxylation sites is 1. The van der Waals surface area contributed by atoms with Crippen LogP contribution in [0.15, 0.2) is 18.2 Å². The van der Waals surface area contributed by atoms with Crippen molar-refractivity contribution in [2.24, 2.45) is 17.6 Å². The number of amides is 4. The van der Waals surface area contributed by atoms with Crippen LogP contribution in [-0.4, -0.2) is 53.8 Å². The molecular formula is C20H21ClN4O5. The fraction of sp³-hybridized carbons (Fsp3) is 0.500. The normalized spacial score (nSPS) is 34.6. The van der Waals surface area contributed by atoms with Crippen LogP contribution in [0.4, 0.5) is 5.69 Å². The molecule has 3 saturated heterocycles. The molecule has 0 aliphatic carbocycles. The third kappa shape index (κ3) is 2.55. The molecule has 4 heterocycles. The van der Waals surface area contributed by atoms with Gasteiger partial charge in [-0.3, -0.25) is 29.4 Å². The number of hydrogen-bond donors (Lipinski definition) is 3. The first-order valence-electron chi connectivity index (χ1n) is 9.98. The molecule has 4 aliphatic heterocycles. The van der Waals surface area contributed by atoms with E-state index >= 15 is 0 Å². The van der Waals surface area contributed by atoms with Crippen molar-refractivity contribution in [1.29, 1.82) is 0 Å². The van der Waals surface area contributed by atoms with Gasteiger partial charge in [-0.25, -0.2) is 0 Å². The van der Waals surface area contributed by atoms with E-state index in [2.05, 4.69) is 10.6 Å². The standard InChI is InChI=1S/C20H21ClN4O5/c21-11-5-1-4-10-16(11)23-19(29)20(10)15-14(12(24-20)7-13(22)26)17(27)25(18(15)28)8-9-3-2-6-30-9/h1,4-5,9,12,14-15,24H,2-3,6-8H2,(H2,22,26)(H,23,29)/t9-,12-,14+,15+,20-/m0/s1. The minimum atomic E-state index is -1.48. The molecular weight excluding hydrogens is 412 g/mol. The number of rotatable bonds is 4. The summed E-state index contributed by atoms with van der Waals surface area (Å²) in [6.45, 7) is 0.742. The van der Waals surface area contributed by atoms with Gasteiger partial charge in [-0.1, -0.05) is 23.7 Å². The summed E-state index contributed by atoms with van der Waals surface area (Å²) >= 11 is 6.27. The Morgan fingerprint density at radius 2 is 2.10 bits per heavy atom. The summed E-state index contributed by atoms with van der Waals surface area (Å²) < 4.78 is 5.60. The van der Waals surface area contributed by atoms with Gasteiger partial charge >= 0.3 is 0 Å². The van der Waals surface area contributed by atoms with E-state index in [1.165, 1.54) is 4.90 Å². The Labute approximate surface area is 177 Å². The summed E-state index contributed by atoms with van der Waals surface area (Å²) in [7, 11) is 0. The predicted octanol–water partition coefficient (Wildman–Crippen LogP) is 0.115. The fourth-order valence-corrected chi connectivity index (χ4v) is 5.64. The molecule has 10 heteroatoms. The van der Waals surface area contributed by atoms with Crippen molar-refractivity contribution < 1.29 is 23.9 Å². The quantitative estimate of drug-likeness (QED) is 0.579. The third-order valence-electron chi connectivity index (χ3n) is 6.62. The number of halogens is 1. The lowest BCUT2D eigenvalue weighted by Crippen LogP contribution is -2.54. The van der Waals surface area contributed by atoms with E-state index in [9.17, 15) is 19.2 Å². The first-order chi connectivity index (χ1) is 14.3. The lowest BCUT2D eigenvalue weighted by atomic mass is 9.76. The molecule has 4 aliphatic rings. The molecule has 1 aromatic rings. The SMILES string of the molecule is NC(=O)C[C@@H]1N[C@]2(C(=O)Nc3c(Cl)cccc32)[C@H]2C(=O)N(C[C@@H]3CCCO3)C(=O)[C@H]12. The van der Waals surface area contributed by atoms with Crippen LogP contribution >= 0.6 is 11.6 Å². The van der Waals surface area contributed by atoms with Gasteiger partial charge in [-0.2, -0.15) is 0 Å². The summed E-state index contributed by atoms with van der Waals surface area (Å²) in [6, 6.07) is 4.29. The highest BCUT2D eigenvalue weighted by molar-refractivity contribution is 6.35. The average molecular weight is 433 g/mol. The number of carbonyl (C=O) groups is 4. The maximum atomic E-state index is 13.5. The highest BCUT2D eigenvalue weighted by Crippen LogP contribution is 2.54. The highest BCUT2D eigenvalue weighted by Gasteiger charge is 2.70. The minimum Gasteiger partial charge on any atom is -0.376 e. The molecule has 9 nitrogen and oxygen atoms in total. The summed E-state index contributed by atoms with van der Waals surface area (Å²) in [4.78, 5) is 52.9. The molecule has 5 atom stereocenters. The van der Waals surface area contributed by atoms with Gasteiger partial charge in [0.25, 0.3) is 0 Å². The second-order valence-corrected chi connectivity index (χ2v) is 8.68. The van der Waals surface area contributed by atoms with Crippen molar-refractivity contribution in [1.82, 2.24) is 10.2 Å². The van der Waals surface area contributed by atoms with E-state index < -0.39 is 47.0 Å². The molecule has 5 rings (SSSR count). The predicted molar refractivity (Wildman–Crippen MR) is 105 cm³/mol. The van der Waals surface area contributed by atoms with E-state index in [1.54, 1.807) is 18.2 Å². The van der Waals surface area contributed by atoms with Crippen molar-refractivity contribution in [3.8, 4) is 0 Å². The second kappa shape index (κ2) is 6.76. The zero-order chi connectivity index (χ0) is 21.2. The Hall–Kier alpha value is -2.49. The zero-order valence-corrected chi connectivity index (χ0v) is 16.8. The number of nitrogens with one attached hydrogen (secondary N) is 2. The topological polar surface area (TPSA) is 131 Å². The maximum absolute atomic E-state index is 13.5. The van der Waals surface area contributed by atoms with Crippen molar-refractivity contribution in [2.45, 2.75) is 36.9 Å². The number of anilines is 1. The van der Waals surface area contributed by atoms with Crippen LogP contribution in [0.2, 0.25) is 5.02 Å². The zero-order valence-electron chi connectivity index (χ0n) is 16.0. The van der Waals surface area contributed by atoms with E-state index in [1.807, 2.05) is 0 Å². The first kappa shape index (κ1) is 19.5. The molecule has 0 unspecified atom stereocenters. The van der Waals surface area contributed by atoms with E-state index in [0.717, 1.165) is 12.8 Å². The average Bonchev–Trinajstić information content (AvgIpc) is 3.42. The van der Waals surface area contributed by atoms with Crippen molar-refractivity contribution >= 4 is 40.9 Å². The van der Waals surface area contributed by atoms with Gasteiger partial charge < -0.3 is 15.8 Å². The van der Waals surface area contributed by atoms with Gasteiger partial charge in [0.15, 0.2) is 0 Å². The van der Waals surface area contributed by atoms with Crippen LogP contribution in [0.25, 0.3) is 0 Å². The Morgan fingerprint density at radius 3 is 2.80 bits per heavy atom. The lowest BCUT2D eigenvalue weighted by Gasteiger charge is -2.30. The molecule has 4 amide bonds. The number of nitrogens with two attached hydrogens (primary N) is 1. The molecule has 0 saturated carbocycles. The van der Waals surface area contributed by atoms with Crippen molar-refractivity contribution in [3.05, 3.63) is 28.8 Å². The maximum Gasteiger partial charge on any atom is 0.250 e. The monoisotopic (exact) mass is 432 g/mol. The summed E-state index contributed by atoms with van der Waals surface area (Å²) in [5.74, 6) is -3.79. The number of ether oxygens (including phenoxy) is 1. The van der Waals surface area contributed by atoms with Gasteiger partial charge in [-0.05, 0) is 18.9 Å². The number of fused-ring (bicyclic) bond motifs is 4. The molecule has 4 N–H and O–H groups in total. The summed E-state index contributed by atoms with van der Waals surface area (Å²) in [5, 5.41) is 6.22. The Bertz CT molecular complexity index is 978. The smallest absolute Gasteiger partial charge is 0.250 e. The van der Waals surface area contributed by atoms with E-state index in [0.29, 0.717) is 22.9 Å². The van der Waals surface area contributed by atoms with Gasteiger partial charge in [0.1, 0.15) is 5.54 Å². The highest BCUT2D eigenvalue weighted by atomic mass is 35.5. The summed E-state index contributed by atoms with van der Waals surface area (Å²) in [5.41, 5.74) is 4.84. The van der Waals surface area contributed by atoms with Crippen LogP contribution in [0, 0.1) is 11.8 Å². The number of imide groups is 1. The third-order valence-corrected chi connectivity index (χ3v) is 6.94. The molecule has 1 spiro atoms. The molecule has 1 aromatic carbocycles. The molecule has 0 bridgehead atoms. The Morgan fingerprint density at radius 1 is 1.30 bits per heavy atom. The van der Waals surface area contributed by atoms with Gasteiger partial charge in [0.05, 0.1) is 35.2 Å². The van der Waals surface area contributed by atoms with Gasteiger partial charge in [0.2, 0.25) is 23.6 Å². The van der Waals surface area contributed by atoms with Crippen molar-refractivity contribution in [3.63, 3.8) is 0 Å². The van der Waals surface area contributed by atoms with Gasteiger partial charge in [0, 0.05) is 24.6 Å². The molecule has 30 heavy (non-hydrogen) atoms. The van der Waals surface area contributed by atoms with E-state index in [-0.39, 0.29) is 19.1 Å². The van der Waals surface area contributed by atoms with Crippen LogP contribution < -0.4 is 16.4 Å². The number of nitrogens with zero attached hydrogens (tertiary/aromatic N) is 1. The molecule has 0 aromatic heterocycles. The van der Waals surface area contributed by atoms with Crippen LogP contribution in [0.1, 0.15) is 24.8 Å².